The minimum atomic E-state index is -0.738. The molecule has 1 aromatic carbocycles. The molecule has 0 aliphatic carbocycles. The molecule has 0 spiro atoms. The van der Waals surface area contributed by atoms with Crippen LogP contribution in [0.3, 0.4) is 0 Å². The van der Waals surface area contributed by atoms with Gasteiger partial charge in [-0.15, -0.1) is 0 Å². The molecule has 0 saturated carbocycles. The number of rotatable bonds is 7. The lowest BCUT2D eigenvalue weighted by Gasteiger charge is -2.18. The van der Waals surface area contributed by atoms with Gasteiger partial charge in [-0.05, 0) is 70.2 Å². The Morgan fingerprint density at radius 3 is 2.30 bits per heavy atom. The van der Waals surface area contributed by atoms with Crippen molar-refractivity contribution in [1.82, 2.24) is 0 Å². The first-order chi connectivity index (χ1) is 9.24. The highest BCUT2D eigenvalue weighted by Crippen LogP contribution is 2.27. The second kappa shape index (κ2) is 7.11. The molecule has 1 rings (SSSR count). The maximum Gasteiger partial charge on any atom is 0.309 e. The predicted octanol–water partition coefficient (Wildman–Crippen LogP) is 4.73. The number of carboxylic acid groups (broad SMARTS) is 1. The Morgan fingerprint density at radius 2 is 1.80 bits per heavy atom. The molecule has 20 heavy (non-hydrogen) atoms. The van der Waals surface area contributed by atoms with Gasteiger partial charge in [0.2, 0.25) is 0 Å². The summed E-state index contributed by atoms with van der Waals surface area (Å²) in [5, 5.41) is 9.03. The van der Waals surface area contributed by atoms with E-state index in [9.17, 15) is 4.79 Å². The molecule has 0 radical (unpaired) electrons. The Labute approximate surface area is 129 Å². The number of benzene rings is 1. The monoisotopic (exact) mass is 342 g/mol. The number of hydrogen-bond acceptors (Lipinski definition) is 2. The number of unbranched alkanes of at least 4 members (excludes halogenated alkanes) is 1. The summed E-state index contributed by atoms with van der Waals surface area (Å²) in [6.07, 6.45) is 2.39. The molecule has 0 aliphatic rings. The summed E-state index contributed by atoms with van der Waals surface area (Å²) in [4.78, 5) is 11.0. The van der Waals surface area contributed by atoms with Crippen molar-refractivity contribution >= 4 is 21.9 Å². The molecule has 0 fully saturated rings. The summed E-state index contributed by atoms with van der Waals surface area (Å²) in [6.45, 7) is 8.23. The second-order valence-corrected chi connectivity index (χ2v) is 6.66. The van der Waals surface area contributed by atoms with Crippen LogP contribution < -0.4 is 4.74 Å². The first kappa shape index (κ1) is 17.0. The average molecular weight is 343 g/mol. The molecule has 0 saturated heterocycles. The molecule has 1 aromatic rings. The van der Waals surface area contributed by atoms with Gasteiger partial charge in [0, 0.05) is 4.47 Å². The molecule has 0 bridgehead atoms. The number of carboxylic acids is 1. The van der Waals surface area contributed by atoms with Crippen molar-refractivity contribution in [3.8, 4) is 5.75 Å². The van der Waals surface area contributed by atoms with Crippen LogP contribution >= 0.6 is 15.9 Å². The third kappa shape index (κ3) is 4.82. The van der Waals surface area contributed by atoms with Crippen molar-refractivity contribution in [2.75, 3.05) is 6.61 Å². The highest BCUT2D eigenvalue weighted by molar-refractivity contribution is 9.10. The summed E-state index contributed by atoms with van der Waals surface area (Å²) in [5.74, 6) is 0.137. The lowest BCUT2D eigenvalue weighted by Crippen LogP contribution is -2.23. The van der Waals surface area contributed by atoms with Crippen LogP contribution in [0.5, 0.6) is 5.75 Å². The van der Waals surface area contributed by atoms with E-state index in [2.05, 4.69) is 15.9 Å². The molecular weight excluding hydrogens is 320 g/mol. The third-order valence-corrected chi connectivity index (χ3v) is 4.70. The van der Waals surface area contributed by atoms with Gasteiger partial charge in [0.15, 0.2) is 0 Å². The van der Waals surface area contributed by atoms with Gasteiger partial charge in [0.05, 0.1) is 12.0 Å². The van der Waals surface area contributed by atoms with Crippen molar-refractivity contribution in [2.24, 2.45) is 5.41 Å². The van der Waals surface area contributed by atoms with E-state index in [1.807, 2.05) is 26.0 Å². The lowest BCUT2D eigenvalue weighted by molar-refractivity contribution is -0.147. The normalized spacial score (nSPS) is 11.4. The van der Waals surface area contributed by atoms with Crippen molar-refractivity contribution in [3.05, 3.63) is 27.7 Å². The minimum absolute atomic E-state index is 0.621. The van der Waals surface area contributed by atoms with Crippen LogP contribution in [0.15, 0.2) is 16.6 Å². The second-order valence-electron chi connectivity index (χ2n) is 5.87. The summed E-state index contributed by atoms with van der Waals surface area (Å²) < 4.78 is 6.85. The maximum atomic E-state index is 11.0. The molecule has 3 nitrogen and oxygen atoms in total. The molecule has 112 valence electrons. The largest absolute Gasteiger partial charge is 0.494 e. The standard InChI is InChI=1S/C16H23BrO3/c1-11-9-13(10-12(2)14(11)17)20-8-6-5-7-16(3,4)15(18)19/h9-10H,5-8H2,1-4H3,(H,18,19). The highest BCUT2D eigenvalue weighted by atomic mass is 79.9. The van der Waals surface area contributed by atoms with Gasteiger partial charge < -0.3 is 9.84 Å². The molecule has 0 aromatic heterocycles. The van der Waals surface area contributed by atoms with Gasteiger partial charge in [0.1, 0.15) is 5.75 Å². The van der Waals surface area contributed by atoms with Crippen molar-refractivity contribution in [1.29, 1.82) is 0 Å². The number of aryl methyl sites for hydroxylation is 2. The van der Waals surface area contributed by atoms with E-state index in [1.54, 1.807) is 13.8 Å². The topological polar surface area (TPSA) is 46.5 Å². The molecule has 0 atom stereocenters. The summed E-state index contributed by atoms with van der Waals surface area (Å²) in [7, 11) is 0. The third-order valence-electron chi connectivity index (χ3n) is 3.45. The molecular formula is C16H23BrO3. The van der Waals surface area contributed by atoms with Crippen LogP contribution in [-0.2, 0) is 4.79 Å². The molecule has 1 N–H and O–H groups in total. The number of hydrogen-bond donors (Lipinski definition) is 1. The van der Waals surface area contributed by atoms with Crippen LogP contribution in [0.2, 0.25) is 0 Å². The minimum Gasteiger partial charge on any atom is -0.494 e. The molecule has 0 amide bonds. The van der Waals surface area contributed by atoms with E-state index < -0.39 is 11.4 Å². The van der Waals surface area contributed by atoms with E-state index in [0.717, 1.165) is 34.2 Å². The predicted molar refractivity (Wildman–Crippen MR) is 84.4 cm³/mol. The maximum absolute atomic E-state index is 11.0. The first-order valence-electron chi connectivity index (χ1n) is 6.87. The van der Waals surface area contributed by atoms with Crippen LogP contribution in [0.1, 0.15) is 44.2 Å². The molecule has 0 heterocycles. The fraction of sp³-hybridized carbons (Fsp3) is 0.562. The smallest absolute Gasteiger partial charge is 0.309 e. The number of carbonyl (C=O) groups is 1. The highest BCUT2D eigenvalue weighted by Gasteiger charge is 2.25. The van der Waals surface area contributed by atoms with E-state index in [0.29, 0.717) is 13.0 Å². The molecule has 0 aliphatic heterocycles. The Morgan fingerprint density at radius 1 is 1.25 bits per heavy atom. The summed E-state index contributed by atoms with van der Waals surface area (Å²) in [5.41, 5.74) is 1.67. The fourth-order valence-electron chi connectivity index (χ4n) is 1.96. The Hall–Kier alpha value is -1.03. The number of ether oxygens (including phenoxy) is 1. The van der Waals surface area contributed by atoms with Gasteiger partial charge in [0.25, 0.3) is 0 Å². The van der Waals surface area contributed by atoms with Gasteiger partial charge in [-0.2, -0.15) is 0 Å². The molecule has 4 heteroatoms. The lowest BCUT2D eigenvalue weighted by atomic mass is 9.87. The fourth-order valence-corrected chi connectivity index (χ4v) is 2.18. The zero-order chi connectivity index (χ0) is 15.3. The van der Waals surface area contributed by atoms with E-state index in [-0.39, 0.29) is 0 Å². The van der Waals surface area contributed by atoms with Crippen LogP contribution in [0, 0.1) is 19.3 Å². The summed E-state index contributed by atoms with van der Waals surface area (Å²) in [6, 6.07) is 4.02. The van der Waals surface area contributed by atoms with Crippen molar-refractivity contribution < 1.29 is 14.6 Å². The first-order valence-corrected chi connectivity index (χ1v) is 7.66. The van der Waals surface area contributed by atoms with Crippen LogP contribution in [0.4, 0.5) is 0 Å². The average Bonchev–Trinajstić information content (AvgIpc) is 2.35. The number of halogens is 1. The zero-order valence-corrected chi connectivity index (χ0v) is 14.2. The summed E-state index contributed by atoms with van der Waals surface area (Å²) >= 11 is 3.53. The Bertz CT molecular complexity index is 458. The van der Waals surface area contributed by atoms with Crippen LogP contribution in [0.25, 0.3) is 0 Å². The van der Waals surface area contributed by atoms with Crippen molar-refractivity contribution in [2.45, 2.75) is 47.0 Å². The quantitative estimate of drug-likeness (QED) is 0.729. The van der Waals surface area contributed by atoms with Gasteiger partial charge in [-0.3, -0.25) is 4.79 Å². The van der Waals surface area contributed by atoms with Gasteiger partial charge in [-0.25, -0.2) is 0 Å². The Kier molecular flexibility index (Phi) is 6.06. The van der Waals surface area contributed by atoms with Crippen LogP contribution in [-0.4, -0.2) is 17.7 Å². The molecule has 0 unspecified atom stereocenters. The van der Waals surface area contributed by atoms with Gasteiger partial charge in [-0.1, -0.05) is 15.9 Å². The number of aliphatic carboxylic acids is 1. The zero-order valence-electron chi connectivity index (χ0n) is 12.6. The Balaban J connectivity index is 2.37. The van der Waals surface area contributed by atoms with E-state index in [1.165, 1.54) is 0 Å². The van der Waals surface area contributed by atoms with E-state index in [4.69, 9.17) is 9.84 Å². The van der Waals surface area contributed by atoms with Gasteiger partial charge >= 0.3 is 5.97 Å². The van der Waals surface area contributed by atoms with E-state index >= 15 is 0 Å². The van der Waals surface area contributed by atoms with Crippen molar-refractivity contribution in [3.63, 3.8) is 0 Å². The SMILES string of the molecule is Cc1cc(OCCCCC(C)(C)C(=O)O)cc(C)c1Br.